The van der Waals surface area contributed by atoms with Crippen molar-refractivity contribution in [1.82, 2.24) is 5.16 Å². The van der Waals surface area contributed by atoms with E-state index in [2.05, 4.69) is 27.7 Å². The molecule has 3 aromatic rings. The molecule has 0 aliphatic heterocycles. The molecule has 0 spiro atoms. The van der Waals surface area contributed by atoms with Gasteiger partial charge in [0.05, 0.1) is 10.6 Å². The SMILES string of the molecule is Nc1noc(-c2ccccc2I)c1-c1ccc(F)cc1Cl. The van der Waals surface area contributed by atoms with Gasteiger partial charge in [0.2, 0.25) is 0 Å². The Balaban J connectivity index is 2.25. The fourth-order valence-electron chi connectivity index (χ4n) is 2.08. The van der Waals surface area contributed by atoms with Crippen molar-refractivity contribution >= 4 is 40.0 Å². The van der Waals surface area contributed by atoms with Gasteiger partial charge < -0.3 is 10.3 Å². The van der Waals surface area contributed by atoms with E-state index in [1.807, 2.05) is 24.3 Å². The fourth-order valence-corrected chi connectivity index (χ4v) is 2.98. The summed E-state index contributed by atoms with van der Waals surface area (Å²) in [6, 6.07) is 11.8. The van der Waals surface area contributed by atoms with Crippen LogP contribution in [0.3, 0.4) is 0 Å². The van der Waals surface area contributed by atoms with E-state index in [-0.39, 0.29) is 10.8 Å². The van der Waals surface area contributed by atoms with Crippen LogP contribution >= 0.6 is 34.2 Å². The molecular formula is C15H9ClFIN2O. The lowest BCUT2D eigenvalue weighted by Gasteiger charge is -2.06. The van der Waals surface area contributed by atoms with Crippen LogP contribution in [0.5, 0.6) is 0 Å². The maximum absolute atomic E-state index is 13.2. The molecule has 2 N–H and O–H groups in total. The van der Waals surface area contributed by atoms with Crippen molar-refractivity contribution in [1.29, 1.82) is 0 Å². The molecule has 3 nitrogen and oxygen atoms in total. The second-order valence-corrected chi connectivity index (χ2v) is 5.95. The van der Waals surface area contributed by atoms with Crippen LogP contribution in [-0.4, -0.2) is 5.16 Å². The molecule has 0 saturated carbocycles. The van der Waals surface area contributed by atoms with E-state index in [0.717, 1.165) is 9.13 Å². The van der Waals surface area contributed by atoms with E-state index in [1.54, 1.807) is 6.07 Å². The topological polar surface area (TPSA) is 52.0 Å². The van der Waals surface area contributed by atoms with Crippen LogP contribution in [0.15, 0.2) is 47.0 Å². The van der Waals surface area contributed by atoms with Gasteiger partial charge in [-0.15, -0.1) is 0 Å². The molecule has 0 saturated heterocycles. The van der Waals surface area contributed by atoms with Crippen LogP contribution in [0.25, 0.3) is 22.5 Å². The molecule has 0 radical (unpaired) electrons. The minimum Gasteiger partial charge on any atom is -0.380 e. The van der Waals surface area contributed by atoms with Crippen molar-refractivity contribution in [2.24, 2.45) is 0 Å². The number of nitrogens with zero attached hydrogens (tertiary/aromatic N) is 1. The van der Waals surface area contributed by atoms with Gasteiger partial charge in [-0.05, 0) is 46.9 Å². The molecular weight excluding hydrogens is 406 g/mol. The molecule has 0 atom stereocenters. The Hall–Kier alpha value is -1.60. The Kier molecular flexibility index (Phi) is 3.86. The summed E-state index contributed by atoms with van der Waals surface area (Å²) in [5.74, 6) is 0.332. The number of nitrogens with two attached hydrogens (primary N) is 1. The molecule has 0 unspecified atom stereocenters. The van der Waals surface area contributed by atoms with Crippen molar-refractivity contribution in [3.63, 3.8) is 0 Å². The van der Waals surface area contributed by atoms with Gasteiger partial charge in [0, 0.05) is 14.7 Å². The molecule has 0 amide bonds. The molecule has 0 bridgehead atoms. The van der Waals surface area contributed by atoms with Crippen molar-refractivity contribution in [2.75, 3.05) is 5.73 Å². The first-order chi connectivity index (χ1) is 10.1. The Morgan fingerprint density at radius 2 is 1.90 bits per heavy atom. The van der Waals surface area contributed by atoms with Gasteiger partial charge >= 0.3 is 0 Å². The maximum atomic E-state index is 13.2. The van der Waals surface area contributed by atoms with Crippen molar-refractivity contribution in [3.05, 3.63) is 56.9 Å². The summed E-state index contributed by atoms with van der Waals surface area (Å²) >= 11 is 8.33. The van der Waals surface area contributed by atoms with Gasteiger partial charge in [-0.3, -0.25) is 0 Å². The number of rotatable bonds is 2. The Bertz CT molecular complexity index is 819. The lowest BCUT2D eigenvalue weighted by molar-refractivity contribution is 0.436. The second kappa shape index (κ2) is 5.65. The Morgan fingerprint density at radius 3 is 2.62 bits per heavy atom. The number of hydrogen-bond donors (Lipinski definition) is 1. The Morgan fingerprint density at radius 1 is 1.14 bits per heavy atom. The van der Waals surface area contributed by atoms with Crippen LogP contribution in [-0.2, 0) is 0 Å². The lowest BCUT2D eigenvalue weighted by atomic mass is 10.0. The van der Waals surface area contributed by atoms with E-state index in [0.29, 0.717) is 16.9 Å². The number of hydrogen-bond acceptors (Lipinski definition) is 3. The molecule has 2 aromatic carbocycles. The summed E-state index contributed by atoms with van der Waals surface area (Å²) in [5, 5.41) is 4.08. The molecule has 6 heteroatoms. The molecule has 3 rings (SSSR count). The van der Waals surface area contributed by atoms with Crippen LogP contribution in [0.2, 0.25) is 5.02 Å². The number of halogens is 3. The van der Waals surface area contributed by atoms with Gasteiger partial charge in [0.15, 0.2) is 11.6 Å². The lowest BCUT2D eigenvalue weighted by Crippen LogP contribution is -1.91. The van der Waals surface area contributed by atoms with Gasteiger partial charge in [-0.25, -0.2) is 4.39 Å². The first kappa shape index (κ1) is 14.3. The van der Waals surface area contributed by atoms with Crippen molar-refractivity contribution < 1.29 is 8.91 Å². The zero-order valence-corrected chi connectivity index (χ0v) is 13.5. The van der Waals surface area contributed by atoms with E-state index < -0.39 is 5.82 Å². The summed E-state index contributed by atoms with van der Waals surface area (Å²) in [6.45, 7) is 0. The molecule has 21 heavy (non-hydrogen) atoms. The normalized spacial score (nSPS) is 10.8. The molecule has 106 valence electrons. The molecule has 1 aromatic heterocycles. The van der Waals surface area contributed by atoms with Gasteiger partial charge in [0.25, 0.3) is 0 Å². The first-order valence-corrected chi connectivity index (χ1v) is 7.49. The number of nitrogen functional groups attached to an aromatic ring is 1. The molecule has 1 heterocycles. The monoisotopic (exact) mass is 414 g/mol. The van der Waals surface area contributed by atoms with E-state index in [1.165, 1.54) is 12.1 Å². The second-order valence-electron chi connectivity index (χ2n) is 4.38. The minimum atomic E-state index is -0.408. The number of aromatic nitrogens is 1. The highest BCUT2D eigenvalue weighted by molar-refractivity contribution is 14.1. The van der Waals surface area contributed by atoms with Gasteiger partial charge in [-0.2, -0.15) is 0 Å². The average Bonchev–Trinajstić information content (AvgIpc) is 2.81. The van der Waals surface area contributed by atoms with Gasteiger partial charge in [-0.1, -0.05) is 35.0 Å². The maximum Gasteiger partial charge on any atom is 0.178 e. The molecule has 0 aliphatic carbocycles. The third-order valence-corrected chi connectivity index (χ3v) is 4.29. The molecule has 0 fully saturated rings. The summed E-state index contributed by atoms with van der Waals surface area (Å²) in [6.07, 6.45) is 0. The highest BCUT2D eigenvalue weighted by atomic mass is 127. The highest BCUT2D eigenvalue weighted by Crippen LogP contribution is 2.41. The quantitative estimate of drug-likeness (QED) is 0.601. The largest absolute Gasteiger partial charge is 0.380 e. The summed E-state index contributed by atoms with van der Waals surface area (Å²) in [4.78, 5) is 0. The molecule has 0 aliphatic rings. The van der Waals surface area contributed by atoms with E-state index in [9.17, 15) is 4.39 Å². The summed E-state index contributed by atoms with van der Waals surface area (Å²) < 4.78 is 19.6. The fraction of sp³-hybridized carbons (Fsp3) is 0. The van der Waals surface area contributed by atoms with Crippen LogP contribution in [0, 0.1) is 9.39 Å². The summed E-state index contributed by atoms with van der Waals surface area (Å²) in [7, 11) is 0. The third-order valence-electron chi connectivity index (χ3n) is 3.04. The zero-order valence-electron chi connectivity index (χ0n) is 10.6. The third kappa shape index (κ3) is 2.63. The number of benzene rings is 2. The van der Waals surface area contributed by atoms with Crippen LogP contribution in [0.1, 0.15) is 0 Å². The van der Waals surface area contributed by atoms with E-state index in [4.69, 9.17) is 21.9 Å². The predicted octanol–water partition coefficient (Wildman–Crippen LogP) is 4.99. The van der Waals surface area contributed by atoms with Crippen molar-refractivity contribution in [2.45, 2.75) is 0 Å². The standard InChI is InChI=1S/C15H9ClFIN2O/c16-11-7-8(17)5-6-9(11)13-14(21-20-15(13)19)10-3-1-2-4-12(10)18/h1-7H,(H2,19,20). The highest BCUT2D eigenvalue weighted by Gasteiger charge is 2.21. The zero-order chi connectivity index (χ0) is 15.0. The predicted molar refractivity (Wildman–Crippen MR) is 89.5 cm³/mol. The van der Waals surface area contributed by atoms with Crippen LogP contribution in [0.4, 0.5) is 10.2 Å². The average molecular weight is 415 g/mol. The van der Waals surface area contributed by atoms with Crippen molar-refractivity contribution in [3.8, 4) is 22.5 Å². The van der Waals surface area contributed by atoms with E-state index >= 15 is 0 Å². The first-order valence-electron chi connectivity index (χ1n) is 6.03. The smallest absolute Gasteiger partial charge is 0.178 e. The number of anilines is 1. The summed E-state index contributed by atoms with van der Waals surface area (Å²) in [5.41, 5.74) is 7.93. The van der Waals surface area contributed by atoms with Gasteiger partial charge in [0.1, 0.15) is 5.82 Å². The Labute approximate surface area is 139 Å². The van der Waals surface area contributed by atoms with Crippen LogP contribution < -0.4 is 5.73 Å². The minimum absolute atomic E-state index is 0.221.